The largest absolute Gasteiger partial charge is 0.382 e. The SMILES string of the molecule is CCCCOCCNC(=O)c1ccc(N)nn1. The molecule has 0 spiro atoms. The van der Waals surface area contributed by atoms with Crippen molar-refractivity contribution < 1.29 is 9.53 Å². The molecule has 3 N–H and O–H groups in total. The van der Waals surface area contributed by atoms with E-state index in [0.29, 0.717) is 19.0 Å². The zero-order valence-electron chi connectivity index (χ0n) is 9.98. The zero-order valence-corrected chi connectivity index (χ0v) is 9.98. The van der Waals surface area contributed by atoms with Gasteiger partial charge in [0.15, 0.2) is 5.69 Å². The number of ether oxygens (including phenoxy) is 1. The number of hydrogen-bond acceptors (Lipinski definition) is 5. The molecule has 1 heterocycles. The Morgan fingerprint density at radius 1 is 1.41 bits per heavy atom. The molecule has 6 nitrogen and oxygen atoms in total. The van der Waals surface area contributed by atoms with E-state index in [1.54, 1.807) is 6.07 Å². The van der Waals surface area contributed by atoms with Crippen LogP contribution >= 0.6 is 0 Å². The average Bonchev–Trinajstić information content (AvgIpc) is 2.34. The lowest BCUT2D eigenvalue weighted by molar-refractivity contribution is 0.0907. The van der Waals surface area contributed by atoms with Crippen molar-refractivity contribution in [3.8, 4) is 0 Å². The molecule has 1 aromatic heterocycles. The van der Waals surface area contributed by atoms with E-state index in [4.69, 9.17) is 10.5 Å². The number of nitrogens with two attached hydrogens (primary N) is 1. The molecule has 0 aliphatic carbocycles. The van der Waals surface area contributed by atoms with E-state index in [0.717, 1.165) is 19.4 Å². The average molecular weight is 238 g/mol. The maximum Gasteiger partial charge on any atom is 0.271 e. The van der Waals surface area contributed by atoms with Gasteiger partial charge >= 0.3 is 0 Å². The van der Waals surface area contributed by atoms with Gasteiger partial charge in [0.05, 0.1) is 6.61 Å². The summed E-state index contributed by atoms with van der Waals surface area (Å²) in [6.45, 7) is 3.81. The second kappa shape index (κ2) is 7.56. The Labute approximate surface area is 101 Å². The predicted molar refractivity (Wildman–Crippen MR) is 64.5 cm³/mol. The Morgan fingerprint density at radius 2 is 2.24 bits per heavy atom. The van der Waals surface area contributed by atoms with Gasteiger partial charge in [-0.15, -0.1) is 10.2 Å². The zero-order chi connectivity index (χ0) is 12.5. The molecule has 0 aromatic carbocycles. The van der Waals surface area contributed by atoms with Crippen LogP contribution in [0.15, 0.2) is 12.1 Å². The maximum atomic E-state index is 11.5. The first kappa shape index (κ1) is 13.4. The number of nitrogens with one attached hydrogen (secondary N) is 1. The Bertz CT molecular complexity index is 340. The Morgan fingerprint density at radius 3 is 2.88 bits per heavy atom. The number of unbranched alkanes of at least 4 members (excludes halogenated alkanes) is 1. The van der Waals surface area contributed by atoms with E-state index in [1.165, 1.54) is 6.07 Å². The second-order valence-corrected chi connectivity index (χ2v) is 3.57. The van der Waals surface area contributed by atoms with Crippen LogP contribution in [0.2, 0.25) is 0 Å². The van der Waals surface area contributed by atoms with E-state index < -0.39 is 0 Å². The summed E-state index contributed by atoms with van der Waals surface area (Å²) in [6, 6.07) is 3.08. The molecule has 0 atom stereocenters. The summed E-state index contributed by atoms with van der Waals surface area (Å²) in [4.78, 5) is 11.5. The molecule has 94 valence electrons. The maximum absolute atomic E-state index is 11.5. The third kappa shape index (κ3) is 5.26. The van der Waals surface area contributed by atoms with Gasteiger partial charge in [0.1, 0.15) is 5.82 Å². The highest BCUT2D eigenvalue weighted by Gasteiger charge is 2.06. The van der Waals surface area contributed by atoms with Crippen molar-refractivity contribution in [3.63, 3.8) is 0 Å². The molecule has 6 heteroatoms. The van der Waals surface area contributed by atoms with Gasteiger partial charge in [-0.1, -0.05) is 13.3 Å². The van der Waals surface area contributed by atoms with Gasteiger partial charge in [0, 0.05) is 13.2 Å². The molecule has 0 fully saturated rings. The highest BCUT2D eigenvalue weighted by atomic mass is 16.5. The summed E-state index contributed by atoms with van der Waals surface area (Å²) in [5.41, 5.74) is 5.63. The van der Waals surface area contributed by atoms with Crippen molar-refractivity contribution >= 4 is 11.7 Å². The summed E-state index contributed by atoms with van der Waals surface area (Å²) in [5.74, 6) is 0.0287. The lowest BCUT2D eigenvalue weighted by Gasteiger charge is -2.05. The van der Waals surface area contributed by atoms with Crippen molar-refractivity contribution in [2.24, 2.45) is 0 Å². The van der Waals surface area contributed by atoms with E-state index in [2.05, 4.69) is 22.4 Å². The third-order valence-corrected chi connectivity index (χ3v) is 2.09. The molecule has 0 saturated heterocycles. The summed E-state index contributed by atoms with van der Waals surface area (Å²) in [5, 5.41) is 9.97. The van der Waals surface area contributed by atoms with E-state index in [-0.39, 0.29) is 11.6 Å². The summed E-state index contributed by atoms with van der Waals surface area (Å²) in [6.07, 6.45) is 2.14. The Kier molecular flexibility index (Phi) is 5.95. The van der Waals surface area contributed by atoms with Crippen LogP contribution in [-0.2, 0) is 4.74 Å². The molecule has 0 unspecified atom stereocenters. The van der Waals surface area contributed by atoms with E-state index >= 15 is 0 Å². The first-order valence-electron chi connectivity index (χ1n) is 5.69. The topological polar surface area (TPSA) is 90.1 Å². The summed E-state index contributed by atoms with van der Waals surface area (Å²) in [7, 11) is 0. The van der Waals surface area contributed by atoms with Gasteiger partial charge in [-0.05, 0) is 18.6 Å². The quantitative estimate of drug-likeness (QED) is 0.679. The van der Waals surface area contributed by atoms with Crippen LogP contribution in [0.3, 0.4) is 0 Å². The minimum atomic E-state index is -0.267. The predicted octanol–water partition coefficient (Wildman–Crippen LogP) is 0.605. The number of hydrogen-bond donors (Lipinski definition) is 2. The number of anilines is 1. The number of carbonyl (C=O) groups is 1. The lowest BCUT2D eigenvalue weighted by Crippen LogP contribution is -2.28. The molecule has 1 rings (SSSR count). The number of nitrogens with zero attached hydrogens (tertiary/aromatic N) is 2. The molecular formula is C11H18N4O2. The Hall–Kier alpha value is -1.69. The van der Waals surface area contributed by atoms with Crippen molar-refractivity contribution in [1.82, 2.24) is 15.5 Å². The molecule has 17 heavy (non-hydrogen) atoms. The van der Waals surface area contributed by atoms with Gasteiger partial charge < -0.3 is 15.8 Å². The molecule has 0 radical (unpaired) electrons. The van der Waals surface area contributed by atoms with Crippen LogP contribution in [0.4, 0.5) is 5.82 Å². The fourth-order valence-corrected chi connectivity index (χ4v) is 1.14. The van der Waals surface area contributed by atoms with Gasteiger partial charge in [0.2, 0.25) is 0 Å². The fraction of sp³-hybridized carbons (Fsp3) is 0.545. The number of carbonyl (C=O) groups excluding carboxylic acids is 1. The molecule has 1 aromatic rings. The van der Waals surface area contributed by atoms with Crippen LogP contribution in [0, 0.1) is 0 Å². The summed E-state index contributed by atoms with van der Waals surface area (Å²) < 4.78 is 5.31. The van der Waals surface area contributed by atoms with Crippen LogP contribution in [0.25, 0.3) is 0 Å². The smallest absolute Gasteiger partial charge is 0.271 e. The fourth-order valence-electron chi connectivity index (χ4n) is 1.14. The van der Waals surface area contributed by atoms with Crippen LogP contribution in [-0.4, -0.2) is 35.9 Å². The third-order valence-electron chi connectivity index (χ3n) is 2.09. The molecular weight excluding hydrogens is 220 g/mol. The number of nitrogen functional groups attached to an aromatic ring is 1. The minimum Gasteiger partial charge on any atom is -0.382 e. The molecule has 0 aliphatic heterocycles. The van der Waals surface area contributed by atoms with Gasteiger partial charge in [-0.2, -0.15) is 0 Å². The highest BCUT2D eigenvalue weighted by Crippen LogP contribution is 1.96. The number of amides is 1. The standard InChI is InChI=1S/C11H18N4O2/c1-2-3-7-17-8-6-13-11(16)9-4-5-10(12)15-14-9/h4-5H,2-3,6-8H2,1H3,(H2,12,15)(H,13,16). The van der Waals surface area contributed by atoms with Crippen molar-refractivity contribution in [2.75, 3.05) is 25.5 Å². The first-order valence-corrected chi connectivity index (χ1v) is 5.69. The van der Waals surface area contributed by atoms with Gasteiger partial charge in [0.25, 0.3) is 5.91 Å². The van der Waals surface area contributed by atoms with Gasteiger partial charge in [-0.25, -0.2) is 0 Å². The first-order chi connectivity index (χ1) is 8.24. The van der Waals surface area contributed by atoms with Gasteiger partial charge in [-0.3, -0.25) is 4.79 Å². The normalized spacial score (nSPS) is 10.2. The monoisotopic (exact) mass is 238 g/mol. The minimum absolute atomic E-state index is 0.257. The lowest BCUT2D eigenvalue weighted by atomic mass is 10.3. The Balaban J connectivity index is 2.19. The van der Waals surface area contributed by atoms with Crippen molar-refractivity contribution in [1.29, 1.82) is 0 Å². The molecule has 0 bridgehead atoms. The molecule has 0 saturated carbocycles. The highest BCUT2D eigenvalue weighted by molar-refractivity contribution is 5.92. The molecule has 0 aliphatic rings. The van der Waals surface area contributed by atoms with E-state index in [1.807, 2.05) is 0 Å². The number of aromatic nitrogens is 2. The summed E-state index contributed by atoms with van der Waals surface area (Å²) >= 11 is 0. The molecule has 1 amide bonds. The van der Waals surface area contributed by atoms with Crippen LogP contribution < -0.4 is 11.1 Å². The van der Waals surface area contributed by atoms with E-state index in [9.17, 15) is 4.79 Å². The van der Waals surface area contributed by atoms with Crippen molar-refractivity contribution in [2.45, 2.75) is 19.8 Å². The second-order valence-electron chi connectivity index (χ2n) is 3.57. The van der Waals surface area contributed by atoms with Crippen molar-refractivity contribution in [3.05, 3.63) is 17.8 Å². The van der Waals surface area contributed by atoms with Crippen LogP contribution in [0.1, 0.15) is 30.3 Å². The number of rotatable bonds is 7. The van der Waals surface area contributed by atoms with Crippen LogP contribution in [0.5, 0.6) is 0 Å².